The monoisotopic (exact) mass is 334 g/mol. The third-order valence-corrected chi connectivity index (χ3v) is 6.01. The fraction of sp³-hybridized carbons (Fsp3) is 0.154. The molecule has 0 heterocycles. The number of fused-ring (bicyclic) bond motifs is 4. The molecular formula is C26H22. The second kappa shape index (κ2) is 5.32. The number of hydrogen-bond acceptors (Lipinski definition) is 0. The lowest BCUT2D eigenvalue weighted by molar-refractivity contribution is 0.660. The van der Waals surface area contributed by atoms with E-state index in [1.54, 1.807) is 0 Å². The quantitative estimate of drug-likeness (QED) is 0.347. The highest BCUT2D eigenvalue weighted by Gasteiger charge is 2.36. The van der Waals surface area contributed by atoms with E-state index in [1.807, 2.05) is 0 Å². The zero-order valence-electron chi connectivity index (χ0n) is 15.5. The molecule has 0 atom stereocenters. The fourth-order valence-electron chi connectivity index (χ4n) is 4.62. The van der Waals surface area contributed by atoms with Gasteiger partial charge in [-0.1, -0.05) is 86.6 Å². The van der Waals surface area contributed by atoms with Crippen molar-refractivity contribution in [2.75, 3.05) is 0 Å². The first-order chi connectivity index (χ1) is 12.6. The van der Waals surface area contributed by atoms with Crippen LogP contribution in [0.4, 0.5) is 0 Å². The standard InChI is InChI=1S/C26H22/c1-17-8-6-13-23-25(17)22-15-14-19(16-24(22)26(23,2)3)21-12-7-10-18-9-4-5-11-20(18)21/h4-16H,1-3H3. The summed E-state index contributed by atoms with van der Waals surface area (Å²) in [5.41, 5.74) is 9.73. The summed E-state index contributed by atoms with van der Waals surface area (Å²) in [5, 5.41) is 2.61. The van der Waals surface area contributed by atoms with E-state index in [2.05, 4.69) is 99.6 Å². The largest absolute Gasteiger partial charge is 0.0617 e. The summed E-state index contributed by atoms with van der Waals surface area (Å²) >= 11 is 0. The smallest absolute Gasteiger partial charge is 0.0159 e. The highest BCUT2D eigenvalue weighted by Crippen LogP contribution is 2.50. The molecule has 0 saturated carbocycles. The highest BCUT2D eigenvalue weighted by molar-refractivity contribution is 5.97. The molecule has 0 amide bonds. The molecule has 26 heavy (non-hydrogen) atoms. The summed E-state index contributed by atoms with van der Waals surface area (Å²) in [6, 6.07) is 29.0. The molecule has 1 aliphatic carbocycles. The topological polar surface area (TPSA) is 0 Å². The molecule has 0 aromatic heterocycles. The minimum Gasteiger partial charge on any atom is -0.0617 e. The lowest BCUT2D eigenvalue weighted by Crippen LogP contribution is -2.15. The number of aryl methyl sites for hydroxylation is 1. The highest BCUT2D eigenvalue weighted by atomic mass is 14.4. The zero-order chi connectivity index (χ0) is 17.9. The lowest BCUT2D eigenvalue weighted by Gasteiger charge is -2.22. The van der Waals surface area contributed by atoms with Gasteiger partial charge in [0.2, 0.25) is 0 Å². The third-order valence-electron chi connectivity index (χ3n) is 6.01. The van der Waals surface area contributed by atoms with Gasteiger partial charge in [0.05, 0.1) is 0 Å². The molecular weight excluding hydrogens is 312 g/mol. The van der Waals surface area contributed by atoms with E-state index in [0.717, 1.165) is 0 Å². The molecule has 0 unspecified atom stereocenters. The van der Waals surface area contributed by atoms with Gasteiger partial charge in [0.1, 0.15) is 0 Å². The predicted molar refractivity (Wildman–Crippen MR) is 112 cm³/mol. The van der Waals surface area contributed by atoms with Crippen molar-refractivity contribution in [3.63, 3.8) is 0 Å². The molecule has 0 spiro atoms. The fourth-order valence-corrected chi connectivity index (χ4v) is 4.62. The van der Waals surface area contributed by atoms with Crippen LogP contribution in [0.3, 0.4) is 0 Å². The molecule has 0 radical (unpaired) electrons. The Morgan fingerprint density at radius 1 is 0.654 bits per heavy atom. The van der Waals surface area contributed by atoms with E-state index in [1.165, 1.54) is 49.7 Å². The molecule has 0 N–H and O–H groups in total. The van der Waals surface area contributed by atoms with E-state index < -0.39 is 0 Å². The maximum atomic E-state index is 2.41. The van der Waals surface area contributed by atoms with E-state index in [4.69, 9.17) is 0 Å². The molecule has 126 valence electrons. The molecule has 0 heteroatoms. The third kappa shape index (κ3) is 2.02. The molecule has 0 aliphatic heterocycles. The van der Waals surface area contributed by atoms with Crippen molar-refractivity contribution >= 4 is 10.8 Å². The Balaban J connectivity index is 1.77. The van der Waals surface area contributed by atoms with Crippen LogP contribution in [-0.4, -0.2) is 0 Å². The van der Waals surface area contributed by atoms with Gasteiger partial charge in [-0.2, -0.15) is 0 Å². The number of rotatable bonds is 1. The first-order valence-corrected chi connectivity index (χ1v) is 9.30. The van der Waals surface area contributed by atoms with Gasteiger partial charge in [-0.25, -0.2) is 0 Å². The van der Waals surface area contributed by atoms with Crippen molar-refractivity contribution in [1.29, 1.82) is 0 Å². The van der Waals surface area contributed by atoms with Gasteiger partial charge in [0, 0.05) is 5.41 Å². The van der Waals surface area contributed by atoms with Gasteiger partial charge < -0.3 is 0 Å². The Kier molecular flexibility index (Phi) is 3.15. The van der Waals surface area contributed by atoms with Crippen LogP contribution >= 0.6 is 0 Å². The Morgan fingerprint density at radius 3 is 2.31 bits per heavy atom. The Hall–Kier alpha value is -2.86. The lowest BCUT2D eigenvalue weighted by atomic mass is 9.81. The summed E-state index contributed by atoms with van der Waals surface area (Å²) in [7, 11) is 0. The molecule has 5 rings (SSSR count). The average molecular weight is 334 g/mol. The zero-order valence-corrected chi connectivity index (χ0v) is 15.5. The van der Waals surface area contributed by atoms with Crippen LogP contribution in [0.25, 0.3) is 33.0 Å². The number of benzene rings is 4. The maximum absolute atomic E-state index is 2.41. The van der Waals surface area contributed by atoms with Gasteiger partial charge in [0.15, 0.2) is 0 Å². The first-order valence-electron chi connectivity index (χ1n) is 9.30. The number of hydrogen-bond donors (Lipinski definition) is 0. The summed E-state index contributed by atoms with van der Waals surface area (Å²) in [4.78, 5) is 0. The predicted octanol–water partition coefficient (Wildman–Crippen LogP) is 7.12. The van der Waals surface area contributed by atoms with Crippen molar-refractivity contribution in [1.82, 2.24) is 0 Å². The normalized spacial score (nSPS) is 14.3. The Bertz CT molecular complexity index is 1160. The SMILES string of the molecule is Cc1cccc2c1-c1ccc(-c3cccc4ccccc34)cc1C2(C)C. The van der Waals surface area contributed by atoms with Gasteiger partial charge in [-0.05, 0) is 62.7 Å². The van der Waals surface area contributed by atoms with Crippen LogP contribution in [0.15, 0.2) is 78.9 Å². The van der Waals surface area contributed by atoms with Crippen LogP contribution in [-0.2, 0) is 5.41 Å². The maximum Gasteiger partial charge on any atom is 0.0159 e. The minimum absolute atomic E-state index is 0.0390. The van der Waals surface area contributed by atoms with Crippen molar-refractivity contribution < 1.29 is 0 Å². The van der Waals surface area contributed by atoms with Crippen LogP contribution in [0.5, 0.6) is 0 Å². The molecule has 0 nitrogen and oxygen atoms in total. The molecule has 1 aliphatic rings. The summed E-state index contributed by atoms with van der Waals surface area (Å²) in [5.74, 6) is 0. The second-order valence-electron chi connectivity index (χ2n) is 7.91. The Morgan fingerprint density at radius 2 is 1.42 bits per heavy atom. The van der Waals surface area contributed by atoms with Gasteiger partial charge in [-0.3, -0.25) is 0 Å². The van der Waals surface area contributed by atoms with E-state index in [-0.39, 0.29) is 5.41 Å². The van der Waals surface area contributed by atoms with Crippen molar-refractivity contribution in [3.05, 3.63) is 95.6 Å². The van der Waals surface area contributed by atoms with E-state index in [9.17, 15) is 0 Å². The first kappa shape index (κ1) is 15.4. The second-order valence-corrected chi connectivity index (χ2v) is 7.91. The Labute approximate surface area is 155 Å². The van der Waals surface area contributed by atoms with Gasteiger partial charge >= 0.3 is 0 Å². The molecule has 0 bridgehead atoms. The molecule has 4 aromatic rings. The average Bonchev–Trinajstić information content (AvgIpc) is 2.89. The van der Waals surface area contributed by atoms with Crippen LogP contribution < -0.4 is 0 Å². The summed E-state index contributed by atoms with van der Waals surface area (Å²) in [6.45, 7) is 6.93. The van der Waals surface area contributed by atoms with Gasteiger partial charge in [0.25, 0.3) is 0 Å². The summed E-state index contributed by atoms with van der Waals surface area (Å²) < 4.78 is 0. The molecule has 0 fully saturated rings. The molecule has 0 saturated heterocycles. The van der Waals surface area contributed by atoms with Gasteiger partial charge in [-0.15, -0.1) is 0 Å². The van der Waals surface area contributed by atoms with E-state index in [0.29, 0.717) is 0 Å². The minimum atomic E-state index is 0.0390. The van der Waals surface area contributed by atoms with E-state index >= 15 is 0 Å². The van der Waals surface area contributed by atoms with Crippen molar-refractivity contribution in [2.24, 2.45) is 0 Å². The van der Waals surface area contributed by atoms with Crippen LogP contribution in [0.1, 0.15) is 30.5 Å². The molecule has 4 aromatic carbocycles. The van der Waals surface area contributed by atoms with Crippen molar-refractivity contribution in [3.8, 4) is 22.3 Å². The van der Waals surface area contributed by atoms with Crippen LogP contribution in [0.2, 0.25) is 0 Å². The summed E-state index contributed by atoms with van der Waals surface area (Å²) in [6.07, 6.45) is 0. The van der Waals surface area contributed by atoms with Crippen molar-refractivity contribution in [2.45, 2.75) is 26.2 Å². The van der Waals surface area contributed by atoms with Crippen LogP contribution in [0, 0.1) is 6.92 Å².